The van der Waals surface area contributed by atoms with E-state index in [2.05, 4.69) is 0 Å². The molecule has 0 bridgehead atoms. The molecule has 0 amide bonds. The van der Waals surface area contributed by atoms with E-state index in [0.29, 0.717) is 12.2 Å². The van der Waals surface area contributed by atoms with Crippen molar-refractivity contribution in [3.63, 3.8) is 0 Å². The van der Waals surface area contributed by atoms with E-state index in [4.69, 9.17) is 9.26 Å². The van der Waals surface area contributed by atoms with Crippen molar-refractivity contribution in [1.29, 1.82) is 0 Å². The molecule has 0 radical (unpaired) electrons. The normalized spacial score (nSPS) is 10.3. The summed E-state index contributed by atoms with van der Waals surface area (Å²) in [6.45, 7) is 1.83. The molecule has 2 aromatic rings. The highest BCUT2D eigenvalue weighted by atomic mass is 31.1. The van der Waals surface area contributed by atoms with Crippen LogP contribution in [0, 0.1) is 0 Å². The molecule has 0 aliphatic carbocycles. The Bertz CT molecular complexity index is 625. The summed E-state index contributed by atoms with van der Waals surface area (Å²) in [7, 11) is -0.877. The van der Waals surface area contributed by atoms with Crippen molar-refractivity contribution in [3.05, 3.63) is 59.7 Å². The third kappa shape index (κ3) is 4.69. The van der Waals surface area contributed by atoms with Crippen LogP contribution in [0.2, 0.25) is 0 Å². The van der Waals surface area contributed by atoms with E-state index in [1.165, 1.54) is 0 Å². The van der Waals surface area contributed by atoms with Gasteiger partial charge in [-0.1, -0.05) is 24.3 Å². The molecule has 2 aromatic carbocycles. The highest BCUT2D eigenvalue weighted by Crippen LogP contribution is 2.25. The second-order valence-electron chi connectivity index (χ2n) is 4.61. The molecular formula is C16H16O4P+. The zero-order chi connectivity index (χ0) is 15.1. The van der Waals surface area contributed by atoms with Crippen molar-refractivity contribution in [2.75, 3.05) is 0 Å². The van der Waals surface area contributed by atoms with Crippen LogP contribution < -0.4 is 9.26 Å². The molecule has 0 fully saturated rings. The monoisotopic (exact) mass is 303 g/mol. The van der Waals surface area contributed by atoms with Crippen molar-refractivity contribution >= 4 is 14.5 Å². The van der Waals surface area contributed by atoms with Crippen LogP contribution in [0.15, 0.2) is 48.5 Å². The largest absolute Gasteiger partial charge is 0.542 e. The van der Waals surface area contributed by atoms with Gasteiger partial charge in [0.2, 0.25) is 0 Å². The van der Waals surface area contributed by atoms with Crippen LogP contribution in [0.1, 0.15) is 18.1 Å². The first-order chi connectivity index (χ1) is 10.2. The molecule has 0 saturated carbocycles. The number of carbonyl (C=O) groups excluding carboxylic acids is 1. The fraction of sp³-hybridized carbons (Fsp3) is 0.188. The topological polar surface area (TPSA) is 52.6 Å². The summed E-state index contributed by atoms with van der Waals surface area (Å²) in [5.74, 6) is 1.33. The Balaban J connectivity index is 2.17. The molecule has 2 rings (SSSR count). The SMILES string of the molecule is CC(=O)Cc1ccc(O[PH+]=O)c(COc2ccccc2)c1. The van der Waals surface area contributed by atoms with Crippen LogP contribution in [0.3, 0.4) is 0 Å². The van der Waals surface area contributed by atoms with Gasteiger partial charge in [-0.25, -0.2) is 0 Å². The summed E-state index contributed by atoms with van der Waals surface area (Å²) in [4.78, 5) is 11.2. The van der Waals surface area contributed by atoms with Crippen LogP contribution in [0.5, 0.6) is 11.5 Å². The van der Waals surface area contributed by atoms with E-state index >= 15 is 0 Å². The van der Waals surface area contributed by atoms with Gasteiger partial charge < -0.3 is 4.74 Å². The lowest BCUT2D eigenvalue weighted by atomic mass is 10.1. The standard InChI is InChI=1S/C16H16O4P/c1-12(17)9-13-7-8-16(20-21-18)14(10-13)11-19-15-5-3-2-4-6-15/h2-8,10,21H,9,11H2,1H3/q+1. The number of hydrogen-bond donors (Lipinski definition) is 0. The van der Waals surface area contributed by atoms with Crippen molar-refractivity contribution in [2.24, 2.45) is 0 Å². The molecule has 0 aliphatic heterocycles. The predicted octanol–water partition coefficient (Wildman–Crippen LogP) is 3.71. The molecule has 4 nitrogen and oxygen atoms in total. The lowest BCUT2D eigenvalue weighted by Crippen LogP contribution is -2.01. The highest BCUT2D eigenvalue weighted by Gasteiger charge is 2.11. The number of Topliss-reactive ketones (excluding diaryl/α,β-unsaturated/α-hetero) is 1. The van der Waals surface area contributed by atoms with E-state index in [0.717, 1.165) is 16.9 Å². The second kappa shape index (κ2) is 7.55. The van der Waals surface area contributed by atoms with E-state index in [1.807, 2.05) is 36.4 Å². The van der Waals surface area contributed by atoms with Crippen LogP contribution in [0.25, 0.3) is 0 Å². The number of ketones is 1. The van der Waals surface area contributed by atoms with Crippen molar-refractivity contribution in [3.8, 4) is 11.5 Å². The van der Waals surface area contributed by atoms with Crippen LogP contribution in [-0.4, -0.2) is 5.78 Å². The van der Waals surface area contributed by atoms with Gasteiger partial charge in [-0.05, 0) is 41.3 Å². The highest BCUT2D eigenvalue weighted by molar-refractivity contribution is 7.17. The van der Waals surface area contributed by atoms with Crippen LogP contribution in [-0.2, 0) is 22.4 Å². The minimum absolute atomic E-state index is 0.0873. The zero-order valence-corrected chi connectivity index (χ0v) is 12.7. The second-order valence-corrected chi connectivity index (χ2v) is 4.98. The van der Waals surface area contributed by atoms with E-state index < -0.39 is 8.69 Å². The minimum atomic E-state index is -0.877. The molecule has 0 heterocycles. The molecular weight excluding hydrogens is 287 g/mol. The number of ether oxygens (including phenoxy) is 1. The minimum Gasteiger partial charge on any atom is -0.489 e. The first-order valence-corrected chi connectivity index (χ1v) is 7.34. The first kappa shape index (κ1) is 15.2. The zero-order valence-electron chi connectivity index (χ0n) is 11.7. The van der Waals surface area contributed by atoms with E-state index in [-0.39, 0.29) is 12.4 Å². The lowest BCUT2D eigenvalue weighted by molar-refractivity contribution is -0.116. The van der Waals surface area contributed by atoms with Crippen molar-refractivity contribution in [2.45, 2.75) is 20.0 Å². The molecule has 5 heteroatoms. The fourth-order valence-corrected chi connectivity index (χ4v) is 2.25. The van der Waals surface area contributed by atoms with Crippen molar-refractivity contribution < 1.29 is 18.6 Å². The average Bonchev–Trinajstić information content (AvgIpc) is 2.48. The van der Waals surface area contributed by atoms with Gasteiger partial charge in [0.05, 0.1) is 0 Å². The van der Waals surface area contributed by atoms with Gasteiger partial charge in [-0.3, -0.25) is 9.32 Å². The Morgan fingerprint density at radius 3 is 2.57 bits per heavy atom. The maximum atomic E-state index is 11.2. The van der Waals surface area contributed by atoms with Gasteiger partial charge in [0.15, 0.2) is 5.75 Å². The van der Waals surface area contributed by atoms with E-state index in [1.54, 1.807) is 19.1 Å². The number of benzene rings is 2. The number of hydrogen-bond acceptors (Lipinski definition) is 4. The lowest BCUT2D eigenvalue weighted by Gasteiger charge is -2.09. The third-order valence-corrected chi connectivity index (χ3v) is 3.17. The summed E-state index contributed by atoms with van der Waals surface area (Å²) in [6.07, 6.45) is 0.359. The third-order valence-electron chi connectivity index (χ3n) is 2.87. The molecule has 108 valence electrons. The summed E-state index contributed by atoms with van der Waals surface area (Å²) in [5.41, 5.74) is 1.65. The Hall–Kier alpha value is -2.19. The van der Waals surface area contributed by atoms with Crippen molar-refractivity contribution in [1.82, 2.24) is 0 Å². The summed E-state index contributed by atoms with van der Waals surface area (Å²) >= 11 is 0. The fourth-order valence-electron chi connectivity index (χ4n) is 1.97. The Kier molecular flexibility index (Phi) is 5.47. The summed E-state index contributed by atoms with van der Waals surface area (Å²) < 4.78 is 21.5. The summed E-state index contributed by atoms with van der Waals surface area (Å²) in [5, 5.41) is 0. The smallest absolute Gasteiger partial charge is 0.489 e. The number of para-hydroxylation sites is 1. The molecule has 0 saturated heterocycles. The Morgan fingerprint density at radius 2 is 1.90 bits per heavy atom. The summed E-state index contributed by atoms with van der Waals surface area (Å²) in [6, 6.07) is 14.8. The van der Waals surface area contributed by atoms with Gasteiger partial charge in [-0.2, -0.15) is 0 Å². The van der Waals surface area contributed by atoms with Gasteiger partial charge >= 0.3 is 8.69 Å². The number of rotatable bonds is 7. The Labute approximate surface area is 125 Å². The maximum Gasteiger partial charge on any atom is 0.542 e. The molecule has 1 unspecified atom stereocenters. The van der Waals surface area contributed by atoms with E-state index in [9.17, 15) is 9.36 Å². The first-order valence-electron chi connectivity index (χ1n) is 6.52. The Morgan fingerprint density at radius 1 is 1.14 bits per heavy atom. The van der Waals surface area contributed by atoms with Crippen LogP contribution in [0.4, 0.5) is 0 Å². The molecule has 0 aromatic heterocycles. The van der Waals surface area contributed by atoms with Gasteiger partial charge in [0.25, 0.3) is 0 Å². The number of carbonyl (C=O) groups is 1. The molecule has 1 atom stereocenters. The van der Waals surface area contributed by atoms with Gasteiger partial charge in [-0.15, -0.1) is 0 Å². The molecule has 21 heavy (non-hydrogen) atoms. The molecule has 0 N–H and O–H groups in total. The van der Waals surface area contributed by atoms with Gasteiger partial charge in [0, 0.05) is 12.0 Å². The molecule has 0 aliphatic rings. The quantitative estimate of drug-likeness (QED) is 0.732. The van der Waals surface area contributed by atoms with Crippen LogP contribution >= 0.6 is 8.69 Å². The van der Waals surface area contributed by atoms with Gasteiger partial charge in [0.1, 0.15) is 18.1 Å². The predicted molar refractivity (Wildman–Crippen MR) is 81.2 cm³/mol. The molecule has 0 spiro atoms. The maximum absolute atomic E-state index is 11.2. The average molecular weight is 303 g/mol.